The van der Waals surface area contributed by atoms with E-state index in [1.165, 1.54) is 12.1 Å². The summed E-state index contributed by atoms with van der Waals surface area (Å²) < 4.78 is 33.8. The number of benzene rings is 2. The van der Waals surface area contributed by atoms with Gasteiger partial charge in [0.15, 0.2) is 0 Å². The zero-order valence-corrected chi connectivity index (χ0v) is 7.96. The molecular formula is C10H7FO2S. The van der Waals surface area contributed by atoms with Crippen LogP contribution in [0.2, 0.25) is 0 Å². The average Bonchev–Trinajstić information content (AvgIpc) is 2.16. The molecule has 0 aliphatic heterocycles. The Kier molecular flexibility index (Phi) is 2.00. The average molecular weight is 210 g/mol. The number of halogens is 1. The van der Waals surface area contributed by atoms with E-state index in [1.54, 1.807) is 18.2 Å². The first-order valence-electron chi connectivity index (χ1n) is 4.01. The highest BCUT2D eigenvalue weighted by Gasteiger charge is 2.11. The van der Waals surface area contributed by atoms with E-state index in [-0.39, 0.29) is 4.90 Å². The minimum Gasteiger partial charge on any atom is -0.189 e. The van der Waals surface area contributed by atoms with Crippen LogP contribution in [0.15, 0.2) is 47.4 Å². The third kappa shape index (κ3) is 1.61. The molecule has 2 aromatic rings. The molecule has 72 valence electrons. The number of rotatable bonds is 1. The quantitative estimate of drug-likeness (QED) is 0.678. The molecule has 0 aliphatic carbocycles. The van der Waals surface area contributed by atoms with E-state index in [0.717, 1.165) is 5.39 Å². The fourth-order valence-corrected chi connectivity index (χ4v) is 1.82. The minimum atomic E-state index is -4.59. The molecule has 0 aromatic heterocycles. The summed E-state index contributed by atoms with van der Waals surface area (Å²) in [6.07, 6.45) is 0. The molecule has 0 fully saturated rings. The van der Waals surface area contributed by atoms with Crippen LogP contribution in [-0.2, 0) is 10.2 Å². The maximum absolute atomic E-state index is 12.6. The standard InChI is InChI=1S/C10H7FO2S/c11-14(12,13)10-6-5-8-3-1-2-4-9(8)7-10/h1-7H. The van der Waals surface area contributed by atoms with Gasteiger partial charge in [-0.05, 0) is 22.9 Å². The molecule has 0 radical (unpaired) electrons. The number of hydrogen-bond acceptors (Lipinski definition) is 2. The van der Waals surface area contributed by atoms with Crippen LogP contribution in [0.4, 0.5) is 3.89 Å². The first-order chi connectivity index (χ1) is 6.57. The van der Waals surface area contributed by atoms with Gasteiger partial charge in [0.25, 0.3) is 0 Å². The largest absolute Gasteiger partial charge is 0.332 e. The lowest BCUT2D eigenvalue weighted by atomic mass is 10.1. The van der Waals surface area contributed by atoms with Crippen LogP contribution in [0, 0.1) is 0 Å². The molecule has 0 N–H and O–H groups in total. The van der Waals surface area contributed by atoms with Gasteiger partial charge in [-0.1, -0.05) is 30.3 Å². The summed E-state index contributed by atoms with van der Waals surface area (Å²) in [5.41, 5.74) is 0. The zero-order valence-electron chi connectivity index (χ0n) is 7.14. The summed E-state index contributed by atoms with van der Waals surface area (Å²) in [5, 5.41) is 1.60. The molecule has 2 rings (SSSR count). The fourth-order valence-electron chi connectivity index (χ4n) is 1.32. The Morgan fingerprint density at radius 1 is 0.929 bits per heavy atom. The maximum atomic E-state index is 12.6. The summed E-state index contributed by atoms with van der Waals surface area (Å²) in [6.45, 7) is 0. The van der Waals surface area contributed by atoms with Crippen LogP contribution in [-0.4, -0.2) is 8.42 Å². The van der Waals surface area contributed by atoms with Gasteiger partial charge in [0.1, 0.15) is 0 Å². The Bertz CT molecular complexity index is 575. The summed E-state index contributed by atoms with van der Waals surface area (Å²) in [4.78, 5) is -0.295. The maximum Gasteiger partial charge on any atom is 0.332 e. The van der Waals surface area contributed by atoms with Crippen molar-refractivity contribution in [3.05, 3.63) is 42.5 Å². The highest BCUT2D eigenvalue weighted by Crippen LogP contribution is 2.19. The lowest BCUT2D eigenvalue weighted by molar-refractivity contribution is 0.552. The van der Waals surface area contributed by atoms with E-state index < -0.39 is 10.2 Å². The van der Waals surface area contributed by atoms with Crippen molar-refractivity contribution < 1.29 is 12.3 Å². The molecule has 0 spiro atoms. The molecule has 2 nitrogen and oxygen atoms in total. The van der Waals surface area contributed by atoms with Crippen molar-refractivity contribution in [3.8, 4) is 0 Å². The summed E-state index contributed by atoms with van der Waals surface area (Å²) in [6, 6.07) is 11.4. The highest BCUT2D eigenvalue weighted by atomic mass is 32.3. The molecule has 0 saturated heterocycles. The van der Waals surface area contributed by atoms with Crippen LogP contribution in [0.1, 0.15) is 0 Å². The van der Waals surface area contributed by atoms with Gasteiger partial charge >= 0.3 is 10.2 Å². The van der Waals surface area contributed by atoms with Crippen molar-refractivity contribution in [2.45, 2.75) is 4.90 Å². The monoisotopic (exact) mass is 210 g/mol. The Labute approximate surface area is 81.2 Å². The Balaban J connectivity index is 2.75. The van der Waals surface area contributed by atoms with Gasteiger partial charge in [0.2, 0.25) is 0 Å². The zero-order chi connectivity index (χ0) is 10.2. The highest BCUT2D eigenvalue weighted by molar-refractivity contribution is 7.86. The van der Waals surface area contributed by atoms with Gasteiger partial charge in [0, 0.05) is 0 Å². The normalized spacial score (nSPS) is 11.8. The third-order valence-electron chi connectivity index (χ3n) is 2.00. The van der Waals surface area contributed by atoms with E-state index in [9.17, 15) is 12.3 Å². The van der Waals surface area contributed by atoms with Gasteiger partial charge in [-0.3, -0.25) is 0 Å². The van der Waals surface area contributed by atoms with Crippen molar-refractivity contribution in [2.75, 3.05) is 0 Å². The third-order valence-corrected chi connectivity index (χ3v) is 2.82. The minimum absolute atomic E-state index is 0.295. The summed E-state index contributed by atoms with van der Waals surface area (Å²) in [5.74, 6) is 0. The van der Waals surface area contributed by atoms with E-state index >= 15 is 0 Å². The van der Waals surface area contributed by atoms with Crippen molar-refractivity contribution in [3.63, 3.8) is 0 Å². The molecule has 0 atom stereocenters. The summed E-state index contributed by atoms with van der Waals surface area (Å²) >= 11 is 0. The number of fused-ring (bicyclic) bond motifs is 1. The molecule has 0 aliphatic rings. The molecule has 0 unspecified atom stereocenters. The second-order valence-corrected chi connectivity index (χ2v) is 4.29. The Morgan fingerprint density at radius 2 is 1.57 bits per heavy atom. The van der Waals surface area contributed by atoms with Gasteiger partial charge < -0.3 is 0 Å². The van der Waals surface area contributed by atoms with Crippen LogP contribution in [0.3, 0.4) is 0 Å². The predicted molar refractivity (Wildman–Crippen MR) is 52.2 cm³/mol. The van der Waals surface area contributed by atoms with Crippen LogP contribution >= 0.6 is 0 Å². The van der Waals surface area contributed by atoms with E-state index in [0.29, 0.717) is 5.39 Å². The van der Waals surface area contributed by atoms with E-state index in [1.807, 2.05) is 12.1 Å². The Hall–Kier alpha value is -1.42. The van der Waals surface area contributed by atoms with Gasteiger partial charge in [-0.25, -0.2) is 0 Å². The molecule has 0 bridgehead atoms. The van der Waals surface area contributed by atoms with Crippen molar-refractivity contribution in [1.29, 1.82) is 0 Å². The molecule has 2 aromatic carbocycles. The van der Waals surface area contributed by atoms with Crippen LogP contribution in [0.5, 0.6) is 0 Å². The van der Waals surface area contributed by atoms with Gasteiger partial charge in [-0.15, -0.1) is 3.89 Å². The van der Waals surface area contributed by atoms with Gasteiger partial charge in [-0.2, -0.15) is 8.42 Å². The first kappa shape index (κ1) is 9.15. The van der Waals surface area contributed by atoms with Crippen molar-refractivity contribution in [1.82, 2.24) is 0 Å². The second kappa shape index (κ2) is 3.06. The van der Waals surface area contributed by atoms with Crippen molar-refractivity contribution >= 4 is 21.0 Å². The molecule has 0 heterocycles. The van der Waals surface area contributed by atoms with Crippen LogP contribution in [0.25, 0.3) is 10.8 Å². The lowest BCUT2D eigenvalue weighted by Gasteiger charge is -1.98. The molecule has 0 saturated carbocycles. The van der Waals surface area contributed by atoms with Crippen LogP contribution < -0.4 is 0 Å². The summed E-state index contributed by atoms with van der Waals surface area (Å²) in [7, 11) is -4.59. The molecule has 0 amide bonds. The van der Waals surface area contributed by atoms with E-state index in [2.05, 4.69) is 0 Å². The molecule has 4 heteroatoms. The molecular weight excluding hydrogens is 203 g/mol. The molecule has 14 heavy (non-hydrogen) atoms. The number of hydrogen-bond donors (Lipinski definition) is 0. The SMILES string of the molecule is O=S(=O)(F)c1ccc2ccccc2c1. The predicted octanol–water partition coefficient (Wildman–Crippen LogP) is 2.50. The Morgan fingerprint density at radius 3 is 2.21 bits per heavy atom. The van der Waals surface area contributed by atoms with Crippen molar-refractivity contribution in [2.24, 2.45) is 0 Å². The first-order valence-corrected chi connectivity index (χ1v) is 5.39. The second-order valence-electron chi connectivity index (χ2n) is 2.95. The smallest absolute Gasteiger partial charge is 0.189 e. The lowest BCUT2D eigenvalue weighted by Crippen LogP contribution is -1.90. The topological polar surface area (TPSA) is 34.1 Å². The fraction of sp³-hybridized carbons (Fsp3) is 0. The van der Waals surface area contributed by atoms with Gasteiger partial charge in [0.05, 0.1) is 4.90 Å². The van der Waals surface area contributed by atoms with E-state index in [4.69, 9.17) is 0 Å².